The van der Waals surface area contributed by atoms with Crippen LogP contribution in [-0.2, 0) is 28.6 Å². The van der Waals surface area contributed by atoms with Crippen molar-refractivity contribution in [3.63, 3.8) is 0 Å². The van der Waals surface area contributed by atoms with Crippen molar-refractivity contribution in [2.24, 2.45) is 17.3 Å². The fourth-order valence-corrected chi connectivity index (χ4v) is 5.75. The van der Waals surface area contributed by atoms with Crippen LogP contribution in [0.25, 0.3) is 0 Å². The number of aliphatic hydroxyl groups excluding tert-OH is 2. The molecule has 2 aliphatic carbocycles. The first-order valence-corrected chi connectivity index (χ1v) is 11.2. The van der Waals surface area contributed by atoms with Gasteiger partial charge in [-0.05, 0) is 38.3 Å². The van der Waals surface area contributed by atoms with Crippen LogP contribution in [0.4, 0.5) is 0 Å². The van der Waals surface area contributed by atoms with E-state index in [2.05, 4.69) is 6.58 Å². The van der Waals surface area contributed by atoms with Gasteiger partial charge >= 0.3 is 17.9 Å². The zero-order valence-corrected chi connectivity index (χ0v) is 19.7. The molecule has 184 valence electrons. The zero-order chi connectivity index (χ0) is 24.9. The highest BCUT2D eigenvalue weighted by Gasteiger charge is 2.66. The molecule has 0 bridgehead atoms. The molecule has 0 aromatic carbocycles. The van der Waals surface area contributed by atoms with Crippen LogP contribution < -0.4 is 0 Å². The summed E-state index contributed by atoms with van der Waals surface area (Å²) in [6.07, 6.45) is -3.41. The molecule has 1 aliphatic heterocycles. The number of rotatable bonds is 2. The van der Waals surface area contributed by atoms with Crippen molar-refractivity contribution in [1.29, 1.82) is 0 Å². The molecule has 33 heavy (non-hydrogen) atoms. The second kappa shape index (κ2) is 8.85. The minimum atomic E-state index is -2.05. The molecular weight excluding hydrogens is 432 g/mol. The summed E-state index contributed by atoms with van der Waals surface area (Å²) in [5.74, 6) is -4.01. The summed E-state index contributed by atoms with van der Waals surface area (Å²) in [7, 11) is 0. The van der Waals surface area contributed by atoms with E-state index in [1.54, 1.807) is 19.9 Å². The van der Waals surface area contributed by atoms with E-state index in [-0.39, 0.29) is 12.0 Å². The monoisotopic (exact) mass is 466 g/mol. The maximum absolute atomic E-state index is 12.5. The van der Waals surface area contributed by atoms with E-state index in [0.29, 0.717) is 12.8 Å². The summed E-state index contributed by atoms with van der Waals surface area (Å²) < 4.78 is 16.7. The lowest BCUT2D eigenvalue weighted by Crippen LogP contribution is -2.66. The van der Waals surface area contributed by atoms with Crippen LogP contribution in [-0.4, -0.2) is 69.3 Å². The molecule has 3 N–H and O–H groups in total. The average Bonchev–Trinajstić information content (AvgIpc) is 2.92. The second-order valence-corrected chi connectivity index (χ2v) is 9.83. The maximum Gasteiger partial charge on any atom is 0.312 e. The Morgan fingerprint density at radius 2 is 1.76 bits per heavy atom. The predicted molar refractivity (Wildman–Crippen MR) is 115 cm³/mol. The van der Waals surface area contributed by atoms with Gasteiger partial charge in [0.2, 0.25) is 0 Å². The van der Waals surface area contributed by atoms with Gasteiger partial charge in [-0.15, -0.1) is 0 Å². The van der Waals surface area contributed by atoms with Crippen LogP contribution in [0.2, 0.25) is 0 Å². The van der Waals surface area contributed by atoms with Crippen molar-refractivity contribution in [1.82, 2.24) is 0 Å². The number of hydrogen-bond donors (Lipinski definition) is 3. The summed E-state index contributed by atoms with van der Waals surface area (Å²) in [5.41, 5.74) is -2.35. The van der Waals surface area contributed by atoms with Gasteiger partial charge in [0.05, 0.1) is 23.5 Å². The molecule has 0 radical (unpaired) electrons. The Hall–Kier alpha value is -2.23. The molecule has 9 nitrogen and oxygen atoms in total. The van der Waals surface area contributed by atoms with E-state index >= 15 is 0 Å². The molecule has 0 aromatic heterocycles. The van der Waals surface area contributed by atoms with E-state index in [9.17, 15) is 29.7 Å². The molecule has 1 saturated heterocycles. The standard InChI is InChI=1S/C24H34O9/c1-11-7-8-17(31-14(4)25)23(6)18(32-15(5)26)10-16(27)12(2)20(23)21(28)24(30)13(3)22(29)33-19(24)9-11/h9,13,16-21,27-28,30H,2,7-8,10H2,1,3-6H3. The van der Waals surface area contributed by atoms with Crippen molar-refractivity contribution < 1.29 is 43.9 Å². The van der Waals surface area contributed by atoms with Crippen LogP contribution in [0.15, 0.2) is 23.8 Å². The Morgan fingerprint density at radius 1 is 1.18 bits per heavy atom. The van der Waals surface area contributed by atoms with Crippen LogP contribution in [0, 0.1) is 17.3 Å². The minimum Gasteiger partial charge on any atom is -0.462 e. The SMILES string of the molecule is C=C1C(O)CC(OC(C)=O)C2(C)C(OC(C)=O)CCC(C)=CC3OC(=O)C(C)C3(O)C(O)C12. The normalized spacial score (nSPS) is 43.5. The lowest BCUT2D eigenvalue weighted by Gasteiger charge is -2.55. The summed E-state index contributed by atoms with van der Waals surface area (Å²) in [5, 5.41) is 34.3. The van der Waals surface area contributed by atoms with Crippen LogP contribution in [0.5, 0.6) is 0 Å². The molecule has 0 aromatic rings. The van der Waals surface area contributed by atoms with Gasteiger partial charge in [-0.3, -0.25) is 14.4 Å². The third-order valence-corrected chi connectivity index (χ3v) is 7.71. The highest BCUT2D eigenvalue weighted by atomic mass is 16.6. The summed E-state index contributed by atoms with van der Waals surface area (Å²) in [4.78, 5) is 36.5. The van der Waals surface area contributed by atoms with Crippen molar-refractivity contribution in [2.75, 3.05) is 0 Å². The first kappa shape index (κ1) is 25.4. The molecule has 9 unspecified atom stereocenters. The maximum atomic E-state index is 12.5. The van der Waals surface area contributed by atoms with Gasteiger partial charge in [0.15, 0.2) is 6.10 Å². The first-order valence-electron chi connectivity index (χ1n) is 11.2. The number of hydrogen-bond acceptors (Lipinski definition) is 9. The first-order chi connectivity index (χ1) is 15.2. The molecular formula is C24H34O9. The fourth-order valence-electron chi connectivity index (χ4n) is 5.75. The smallest absolute Gasteiger partial charge is 0.312 e. The summed E-state index contributed by atoms with van der Waals surface area (Å²) in [6.45, 7) is 11.4. The highest BCUT2D eigenvalue weighted by molar-refractivity contribution is 5.77. The number of fused-ring (bicyclic) bond motifs is 2. The molecule has 1 saturated carbocycles. The predicted octanol–water partition coefficient (Wildman–Crippen LogP) is 1.19. The molecule has 0 spiro atoms. The number of aliphatic hydroxyl groups is 3. The quantitative estimate of drug-likeness (QED) is 0.311. The van der Waals surface area contributed by atoms with E-state index in [1.807, 2.05) is 0 Å². The van der Waals surface area contributed by atoms with Crippen LogP contribution >= 0.6 is 0 Å². The van der Waals surface area contributed by atoms with Crippen LogP contribution in [0.3, 0.4) is 0 Å². The topological polar surface area (TPSA) is 140 Å². The zero-order valence-electron chi connectivity index (χ0n) is 19.7. The molecule has 9 heteroatoms. The Balaban J connectivity index is 2.27. The lowest BCUT2D eigenvalue weighted by molar-refractivity contribution is -0.215. The number of ether oxygens (including phenoxy) is 3. The molecule has 9 atom stereocenters. The summed E-state index contributed by atoms with van der Waals surface area (Å²) >= 11 is 0. The van der Waals surface area contributed by atoms with Crippen molar-refractivity contribution in [3.8, 4) is 0 Å². The van der Waals surface area contributed by atoms with Gasteiger partial charge in [0, 0.05) is 26.2 Å². The van der Waals surface area contributed by atoms with E-state index in [4.69, 9.17) is 14.2 Å². The Kier molecular flexibility index (Phi) is 6.81. The summed E-state index contributed by atoms with van der Waals surface area (Å²) in [6, 6.07) is 0. The molecule has 3 aliphatic rings. The van der Waals surface area contributed by atoms with E-state index in [1.165, 1.54) is 20.8 Å². The van der Waals surface area contributed by atoms with Crippen LogP contribution in [0.1, 0.15) is 53.9 Å². The largest absolute Gasteiger partial charge is 0.462 e. The van der Waals surface area contributed by atoms with Gasteiger partial charge in [0.25, 0.3) is 0 Å². The highest BCUT2D eigenvalue weighted by Crippen LogP contribution is 2.55. The Morgan fingerprint density at radius 3 is 2.33 bits per heavy atom. The fraction of sp³-hybridized carbons (Fsp3) is 0.708. The third kappa shape index (κ3) is 4.11. The number of carbonyl (C=O) groups excluding carboxylic acids is 3. The van der Waals surface area contributed by atoms with Gasteiger partial charge < -0.3 is 29.5 Å². The van der Waals surface area contributed by atoms with Crippen molar-refractivity contribution in [3.05, 3.63) is 23.8 Å². The Labute approximate surface area is 193 Å². The second-order valence-electron chi connectivity index (χ2n) is 9.83. The van der Waals surface area contributed by atoms with Gasteiger partial charge in [-0.2, -0.15) is 0 Å². The average molecular weight is 467 g/mol. The van der Waals surface area contributed by atoms with E-state index < -0.39 is 71.3 Å². The van der Waals surface area contributed by atoms with Gasteiger partial charge in [-0.25, -0.2) is 0 Å². The number of esters is 3. The molecule has 1 heterocycles. The van der Waals surface area contributed by atoms with Crippen molar-refractivity contribution in [2.45, 2.75) is 90.0 Å². The minimum absolute atomic E-state index is 0.0163. The van der Waals surface area contributed by atoms with Gasteiger partial charge in [0.1, 0.15) is 17.8 Å². The number of allylic oxidation sites excluding steroid dienone is 1. The number of carbonyl (C=O) groups is 3. The molecule has 3 rings (SSSR count). The lowest BCUT2D eigenvalue weighted by atomic mass is 9.54. The van der Waals surface area contributed by atoms with E-state index in [0.717, 1.165) is 5.57 Å². The molecule has 0 amide bonds. The molecule has 2 fully saturated rings. The third-order valence-electron chi connectivity index (χ3n) is 7.71. The van der Waals surface area contributed by atoms with Crippen molar-refractivity contribution >= 4 is 17.9 Å². The Bertz CT molecular complexity index is 879. The van der Waals surface area contributed by atoms with Gasteiger partial charge in [-0.1, -0.05) is 19.1 Å².